The number of rotatable bonds is 8. The summed E-state index contributed by atoms with van der Waals surface area (Å²) < 4.78 is 31.3. The van der Waals surface area contributed by atoms with Crippen LogP contribution in [0.5, 0.6) is 0 Å². The van der Waals surface area contributed by atoms with Gasteiger partial charge in [-0.05, 0) is 12.5 Å². The number of thiophene rings is 1. The fraction of sp³-hybridized carbons (Fsp3) is 0.400. The summed E-state index contributed by atoms with van der Waals surface area (Å²) in [5, 5.41) is 1.59. The molecule has 0 bridgehead atoms. The average Bonchev–Trinajstić information content (AvgIpc) is 2.71. The molecule has 1 heterocycles. The monoisotopic (exact) mass is 276 g/mol. The van der Waals surface area contributed by atoms with Gasteiger partial charge in [0.2, 0.25) is 10.0 Å². The lowest BCUT2D eigenvalue weighted by Gasteiger charge is -2.05. The van der Waals surface area contributed by atoms with E-state index in [9.17, 15) is 8.42 Å². The molecule has 17 heavy (non-hydrogen) atoms. The minimum Gasteiger partial charge on any atom is -0.398 e. The normalized spacial score (nSPS) is 11.5. The molecule has 3 N–H and O–H groups in total. The molecule has 0 aliphatic heterocycles. The number of nitrogens with one attached hydrogen (secondary N) is 1. The van der Waals surface area contributed by atoms with Crippen LogP contribution in [0, 0.1) is 0 Å². The van der Waals surface area contributed by atoms with Crippen molar-refractivity contribution < 1.29 is 13.2 Å². The third-order valence-corrected chi connectivity index (χ3v) is 4.78. The van der Waals surface area contributed by atoms with Crippen LogP contribution in [0.4, 0.5) is 5.69 Å². The summed E-state index contributed by atoms with van der Waals surface area (Å²) in [6, 6.07) is 1.44. The lowest BCUT2D eigenvalue weighted by atomic mass is 10.5. The van der Waals surface area contributed by atoms with Crippen molar-refractivity contribution in [2.45, 2.75) is 10.6 Å². The molecule has 1 aromatic heterocycles. The highest BCUT2D eigenvalue weighted by Gasteiger charge is 2.15. The Labute approximate surface area is 105 Å². The molecule has 0 radical (unpaired) electrons. The third kappa shape index (κ3) is 4.86. The van der Waals surface area contributed by atoms with Crippen LogP contribution in [0.3, 0.4) is 0 Å². The number of nitrogen functional groups attached to an aromatic ring is 1. The van der Waals surface area contributed by atoms with E-state index in [1.807, 2.05) is 0 Å². The number of hydrogen-bond donors (Lipinski definition) is 2. The lowest BCUT2D eigenvalue weighted by Crippen LogP contribution is -2.26. The Kier molecular flexibility index (Phi) is 5.63. The minimum absolute atomic E-state index is 0.223. The second kappa shape index (κ2) is 6.75. The van der Waals surface area contributed by atoms with Crippen molar-refractivity contribution >= 4 is 27.0 Å². The van der Waals surface area contributed by atoms with E-state index >= 15 is 0 Å². The molecule has 5 nitrogen and oxygen atoms in total. The van der Waals surface area contributed by atoms with Crippen LogP contribution in [0.1, 0.15) is 6.42 Å². The van der Waals surface area contributed by atoms with E-state index in [0.717, 1.165) is 17.8 Å². The molecule has 0 atom stereocenters. The van der Waals surface area contributed by atoms with Crippen molar-refractivity contribution in [2.24, 2.45) is 0 Å². The molecule has 0 amide bonds. The van der Waals surface area contributed by atoms with Crippen LogP contribution < -0.4 is 10.5 Å². The van der Waals surface area contributed by atoms with Gasteiger partial charge in [0.1, 0.15) is 4.21 Å². The van der Waals surface area contributed by atoms with E-state index < -0.39 is 10.0 Å². The predicted molar refractivity (Wildman–Crippen MR) is 69.6 cm³/mol. The van der Waals surface area contributed by atoms with Gasteiger partial charge in [-0.2, -0.15) is 0 Å². The number of sulfonamides is 1. The van der Waals surface area contributed by atoms with E-state index in [0.29, 0.717) is 18.9 Å². The van der Waals surface area contributed by atoms with Gasteiger partial charge in [-0.25, -0.2) is 13.1 Å². The molecule has 1 aromatic rings. The van der Waals surface area contributed by atoms with Crippen molar-refractivity contribution in [1.82, 2.24) is 4.72 Å². The molecule has 0 aromatic carbocycles. The van der Waals surface area contributed by atoms with E-state index in [2.05, 4.69) is 11.3 Å². The Morgan fingerprint density at radius 3 is 2.88 bits per heavy atom. The van der Waals surface area contributed by atoms with Crippen molar-refractivity contribution in [3.63, 3.8) is 0 Å². The number of nitrogens with two attached hydrogens (primary N) is 1. The van der Waals surface area contributed by atoms with Gasteiger partial charge in [0, 0.05) is 17.6 Å². The molecule has 0 unspecified atom stereocenters. The van der Waals surface area contributed by atoms with Gasteiger partial charge in [-0.1, -0.05) is 6.08 Å². The highest BCUT2D eigenvalue weighted by Crippen LogP contribution is 2.20. The van der Waals surface area contributed by atoms with Crippen LogP contribution >= 0.6 is 11.3 Å². The highest BCUT2D eigenvalue weighted by atomic mass is 32.2. The summed E-state index contributed by atoms with van der Waals surface area (Å²) in [4.78, 5) is 0. The van der Waals surface area contributed by atoms with Crippen molar-refractivity contribution in [3.05, 3.63) is 24.1 Å². The molecular weight excluding hydrogens is 260 g/mol. The van der Waals surface area contributed by atoms with Gasteiger partial charge in [0.05, 0.1) is 13.2 Å². The zero-order valence-electron chi connectivity index (χ0n) is 9.39. The van der Waals surface area contributed by atoms with Crippen LogP contribution in [-0.4, -0.2) is 28.2 Å². The van der Waals surface area contributed by atoms with E-state index in [1.165, 1.54) is 6.07 Å². The largest absolute Gasteiger partial charge is 0.398 e. The first kappa shape index (κ1) is 14.2. The summed E-state index contributed by atoms with van der Waals surface area (Å²) in [5.41, 5.74) is 5.93. The Morgan fingerprint density at radius 1 is 1.53 bits per heavy atom. The molecule has 1 rings (SSSR count). The van der Waals surface area contributed by atoms with Crippen LogP contribution in [0.15, 0.2) is 28.3 Å². The number of hydrogen-bond acceptors (Lipinski definition) is 5. The highest BCUT2D eigenvalue weighted by molar-refractivity contribution is 7.91. The van der Waals surface area contributed by atoms with Crippen LogP contribution in [0.25, 0.3) is 0 Å². The van der Waals surface area contributed by atoms with Gasteiger partial charge < -0.3 is 10.5 Å². The smallest absolute Gasteiger partial charge is 0.250 e. The van der Waals surface area contributed by atoms with Crippen molar-refractivity contribution in [2.75, 3.05) is 25.5 Å². The fourth-order valence-corrected chi connectivity index (χ4v) is 3.20. The summed E-state index contributed by atoms with van der Waals surface area (Å²) in [6.07, 6.45) is 2.51. The Morgan fingerprint density at radius 2 is 2.29 bits per heavy atom. The maximum atomic E-state index is 11.7. The molecular formula is C10H16N2O3S2. The molecule has 0 aliphatic carbocycles. The Balaban J connectivity index is 2.33. The zero-order valence-corrected chi connectivity index (χ0v) is 11.0. The van der Waals surface area contributed by atoms with Gasteiger partial charge in [0.15, 0.2) is 0 Å². The number of ether oxygens (including phenoxy) is 1. The van der Waals surface area contributed by atoms with E-state index in [-0.39, 0.29) is 10.8 Å². The predicted octanol–water partition coefficient (Wildman–Crippen LogP) is 1.20. The summed E-state index contributed by atoms with van der Waals surface area (Å²) >= 11 is 1.10. The molecule has 96 valence electrons. The SMILES string of the molecule is C=CCCOCCNS(=O)(=O)c1cc(N)cs1. The van der Waals surface area contributed by atoms with E-state index in [4.69, 9.17) is 10.5 Å². The van der Waals surface area contributed by atoms with Gasteiger partial charge in [-0.15, -0.1) is 17.9 Å². The van der Waals surface area contributed by atoms with Gasteiger partial charge in [-0.3, -0.25) is 0 Å². The second-order valence-corrected chi connectivity index (χ2v) is 6.19. The zero-order chi connectivity index (χ0) is 12.7. The van der Waals surface area contributed by atoms with Gasteiger partial charge in [0.25, 0.3) is 0 Å². The van der Waals surface area contributed by atoms with Gasteiger partial charge >= 0.3 is 0 Å². The van der Waals surface area contributed by atoms with Crippen molar-refractivity contribution in [1.29, 1.82) is 0 Å². The molecule has 0 spiro atoms. The third-order valence-electron chi connectivity index (χ3n) is 1.87. The Hall–Kier alpha value is -0.890. The molecule has 0 aliphatic rings. The average molecular weight is 276 g/mol. The first-order valence-electron chi connectivity index (χ1n) is 5.08. The maximum Gasteiger partial charge on any atom is 0.250 e. The standard InChI is InChI=1S/C10H16N2O3S2/c1-2-3-5-15-6-4-12-17(13,14)10-7-9(11)8-16-10/h2,7-8,12H,1,3-6,11H2. The topological polar surface area (TPSA) is 81.4 Å². The summed E-state index contributed by atoms with van der Waals surface area (Å²) in [5.74, 6) is 0. The molecule has 0 saturated heterocycles. The molecule has 0 fully saturated rings. The first-order chi connectivity index (χ1) is 8.06. The van der Waals surface area contributed by atoms with Crippen LogP contribution in [0.2, 0.25) is 0 Å². The maximum absolute atomic E-state index is 11.7. The molecule has 0 saturated carbocycles. The quantitative estimate of drug-likeness (QED) is 0.552. The lowest BCUT2D eigenvalue weighted by molar-refractivity contribution is 0.144. The summed E-state index contributed by atoms with van der Waals surface area (Å²) in [7, 11) is -3.44. The summed E-state index contributed by atoms with van der Waals surface area (Å²) in [6.45, 7) is 4.70. The molecule has 7 heteroatoms. The Bertz CT molecular complexity index is 454. The van der Waals surface area contributed by atoms with Crippen LogP contribution in [-0.2, 0) is 14.8 Å². The fourth-order valence-electron chi connectivity index (χ4n) is 1.06. The van der Waals surface area contributed by atoms with Crippen molar-refractivity contribution in [3.8, 4) is 0 Å². The number of anilines is 1. The van der Waals surface area contributed by atoms with E-state index in [1.54, 1.807) is 11.5 Å². The minimum atomic E-state index is -3.44. The second-order valence-electron chi connectivity index (χ2n) is 3.29. The first-order valence-corrected chi connectivity index (χ1v) is 7.45.